The Morgan fingerprint density at radius 1 is 1.31 bits per heavy atom. The molecular formula is C14H18O2. The topological polar surface area (TPSA) is 18.5 Å². The van der Waals surface area contributed by atoms with Crippen molar-refractivity contribution in [1.29, 1.82) is 0 Å². The van der Waals surface area contributed by atoms with Crippen LogP contribution in [0.1, 0.15) is 12.0 Å². The largest absolute Gasteiger partial charge is 0.382 e. The molecule has 1 aromatic rings. The molecule has 2 nitrogen and oxygen atoms in total. The quantitative estimate of drug-likeness (QED) is 0.723. The Bertz CT molecular complexity index is 332. The summed E-state index contributed by atoms with van der Waals surface area (Å²) in [6.07, 6.45) is 6.66. The molecule has 0 fully saturated rings. The SMILES string of the molecule is COC[C@H]1C=CC[C@H](Cc2ccccc2)O1. The third kappa shape index (κ3) is 3.19. The zero-order valence-electron chi connectivity index (χ0n) is 9.63. The van der Waals surface area contributed by atoms with Gasteiger partial charge in [-0.3, -0.25) is 0 Å². The summed E-state index contributed by atoms with van der Waals surface area (Å²) in [6, 6.07) is 10.5. The molecule has 0 radical (unpaired) electrons. The zero-order valence-corrected chi connectivity index (χ0v) is 9.63. The van der Waals surface area contributed by atoms with Crippen molar-refractivity contribution in [3.05, 3.63) is 48.0 Å². The van der Waals surface area contributed by atoms with Gasteiger partial charge in [0.15, 0.2) is 0 Å². The highest BCUT2D eigenvalue weighted by molar-refractivity contribution is 5.16. The van der Waals surface area contributed by atoms with E-state index in [4.69, 9.17) is 9.47 Å². The van der Waals surface area contributed by atoms with Gasteiger partial charge in [0.05, 0.1) is 18.8 Å². The van der Waals surface area contributed by atoms with Crippen molar-refractivity contribution in [3.63, 3.8) is 0 Å². The van der Waals surface area contributed by atoms with E-state index >= 15 is 0 Å². The Morgan fingerprint density at radius 2 is 2.12 bits per heavy atom. The number of hydrogen-bond acceptors (Lipinski definition) is 2. The minimum absolute atomic E-state index is 0.118. The summed E-state index contributed by atoms with van der Waals surface area (Å²) in [6.45, 7) is 0.641. The molecular weight excluding hydrogens is 200 g/mol. The minimum Gasteiger partial charge on any atom is -0.382 e. The second-order valence-corrected chi connectivity index (χ2v) is 4.11. The molecule has 0 bridgehead atoms. The summed E-state index contributed by atoms with van der Waals surface area (Å²) in [4.78, 5) is 0. The van der Waals surface area contributed by atoms with Gasteiger partial charge in [0.1, 0.15) is 0 Å². The van der Waals surface area contributed by atoms with E-state index in [2.05, 4.69) is 36.4 Å². The third-order valence-electron chi connectivity index (χ3n) is 2.75. The van der Waals surface area contributed by atoms with Gasteiger partial charge >= 0.3 is 0 Å². The summed E-state index contributed by atoms with van der Waals surface area (Å²) in [5, 5.41) is 0. The van der Waals surface area contributed by atoms with Crippen molar-refractivity contribution in [3.8, 4) is 0 Å². The molecule has 1 aliphatic heterocycles. The minimum atomic E-state index is 0.118. The van der Waals surface area contributed by atoms with Crippen LogP contribution in [-0.4, -0.2) is 25.9 Å². The van der Waals surface area contributed by atoms with E-state index in [9.17, 15) is 0 Å². The molecule has 2 heteroatoms. The first-order chi connectivity index (χ1) is 7.88. The van der Waals surface area contributed by atoms with E-state index < -0.39 is 0 Å². The Labute approximate surface area is 96.9 Å². The maximum atomic E-state index is 5.92. The highest BCUT2D eigenvalue weighted by atomic mass is 16.5. The van der Waals surface area contributed by atoms with E-state index in [1.165, 1.54) is 5.56 Å². The average molecular weight is 218 g/mol. The van der Waals surface area contributed by atoms with Crippen LogP contribution in [0.4, 0.5) is 0 Å². The number of ether oxygens (including phenoxy) is 2. The van der Waals surface area contributed by atoms with Crippen LogP contribution in [0.25, 0.3) is 0 Å². The molecule has 0 aromatic heterocycles. The zero-order chi connectivity index (χ0) is 11.2. The molecule has 0 amide bonds. The molecule has 1 heterocycles. The van der Waals surface area contributed by atoms with Crippen LogP contribution < -0.4 is 0 Å². The molecule has 0 N–H and O–H groups in total. The Balaban J connectivity index is 1.90. The van der Waals surface area contributed by atoms with E-state index in [-0.39, 0.29) is 12.2 Å². The van der Waals surface area contributed by atoms with Crippen molar-refractivity contribution in [2.45, 2.75) is 25.0 Å². The lowest BCUT2D eigenvalue weighted by molar-refractivity contribution is -0.0293. The summed E-state index contributed by atoms with van der Waals surface area (Å²) < 4.78 is 11.0. The third-order valence-corrected chi connectivity index (χ3v) is 2.75. The normalized spacial score (nSPS) is 24.6. The first-order valence-corrected chi connectivity index (χ1v) is 5.73. The number of rotatable bonds is 4. The Morgan fingerprint density at radius 3 is 2.88 bits per heavy atom. The van der Waals surface area contributed by atoms with E-state index in [1.807, 2.05) is 6.07 Å². The molecule has 86 valence electrons. The van der Waals surface area contributed by atoms with Crippen LogP contribution >= 0.6 is 0 Å². The molecule has 16 heavy (non-hydrogen) atoms. The van der Waals surface area contributed by atoms with Crippen LogP contribution in [0.15, 0.2) is 42.5 Å². The summed E-state index contributed by atoms with van der Waals surface area (Å²) in [5.74, 6) is 0. The van der Waals surface area contributed by atoms with Gasteiger partial charge in [0, 0.05) is 7.11 Å². The highest BCUT2D eigenvalue weighted by Gasteiger charge is 2.18. The van der Waals surface area contributed by atoms with Crippen molar-refractivity contribution in [2.24, 2.45) is 0 Å². The van der Waals surface area contributed by atoms with Crippen molar-refractivity contribution in [1.82, 2.24) is 0 Å². The van der Waals surface area contributed by atoms with Gasteiger partial charge in [-0.15, -0.1) is 0 Å². The molecule has 0 saturated heterocycles. The molecule has 1 aliphatic rings. The van der Waals surface area contributed by atoms with Gasteiger partial charge in [0.25, 0.3) is 0 Å². The molecule has 0 aliphatic carbocycles. The second-order valence-electron chi connectivity index (χ2n) is 4.11. The average Bonchev–Trinajstić information content (AvgIpc) is 2.31. The highest BCUT2D eigenvalue weighted by Crippen LogP contribution is 2.16. The van der Waals surface area contributed by atoms with Gasteiger partial charge in [0.2, 0.25) is 0 Å². The predicted octanol–water partition coefficient (Wildman–Crippen LogP) is 2.59. The summed E-state index contributed by atoms with van der Waals surface area (Å²) >= 11 is 0. The monoisotopic (exact) mass is 218 g/mol. The maximum absolute atomic E-state index is 5.92. The smallest absolute Gasteiger partial charge is 0.0993 e. The van der Waals surface area contributed by atoms with Gasteiger partial charge in [-0.25, -0.2) is 0 Å². The van der Waals surface area contributed by atoms with E-state index in [0.717, 1.165) is 12.8 Å². The summed E-state index contributed by atoms with van der Waals surface area (Å²) in [5.41, 5.74) is 1.33. The molecule has 2 atom stereocenters. The second kappa shape index (κ2) is 5.83. The number of hydrogen-bond donors (Lipinski definition) is 0. The Kier molecular flexibility index (Phi) is 4.14. The summed E-state index contributed by atoms with van der Waals surface area (Å²) in [7, 11) is 1.71. The predicted molar refractivity (Wildman–Crippen MR) is 64.4 cm³/mol. The first kappa shape index (κ1) is 11.4. The van der Waals surface area contributed by atoms with Gasteiger partial charge in [-0.2, -0.15) is 0 Å². The van der Waals surface area contributed by atoms with Crippen LogP contribution in [-0.2, 0) is 15.9 Å². The fourth-order valence-electron chi connectivity index (χ4n) is 2.00. The van der Waals surface area contributed by atoms with Gasteiger partial charge in [-0.1, -0.05) is 42.5 Å². The standard InChI is InChI=1S/C14H18O2/c1-15-11-14-9-5-8-13(16-14)10-12-6-3-2-4-7-12/h2-7,9,13-14H,8,10-11H2,1H3/t13-,14-/m1/s1. The lowest BCUT2D eigenvalue weighted by atomic mass is 10.0. The first-order valence-electron chi connectivity index (χ1n) is 5.73. The molecule has 2 rings (SSSR count). The van der Waals surface area contributed by atoms with Crippen LogP contribution in [0.2, 0.25) is 0 Å². The van der Waals surface area contributed by atoms with Crippen LogP contribution in [0.3, 0.4) is 0 Å². The lowest BCUT2D eigenvalue weighted by Gasteiger charge is -2.25. The van der Waals surface area contributed by atoms with Crippen LogP contribution in [0.5, 0.6) is 0 Å². The fourth-order valence-corrected chi connectivity index (χ4v) is 2.00. The number of benzene rings is 1. The molecule has 0 spiro atoms. The van der Waals surface area contributed by atoms with E-state index in [0.29, 0.717) is 6.61 Å². The Hall–Kier alpha value is -1.12. The lowest BCUT2D eigenvalue weighted by Crippen LogP contribution is -2.28. The van der Waals surface area contributed by atoms with Crippen LogP contribution in [0, 0.1) is 0 Å². The van der Waals surface area contributed by atoms with Gasteiger partial charge < -0.3 is 9.47 Å². The molecule has 1 aromatic carbocycles. The van der Waals surface area contributed by atoms with E-state index in [1.54, 1.807) is 7.11 Å². The maximum Gasteiger partial charge on any atom is 0.0993 e. The van der Waals surface area contributed by atoms with Crippen molar-refractivity contribution < 1.29 is 9.47 Å². The fraction of sp³-hybridized carbons (Fsp3) is 0.429. The van der Waals surface area contributed by atoms with Gasteiger partial charge in [-0.05, 0) is 18.4 Å². The number of methoxy groups -OCH3 is 1. The molecule has 0 unspecified atom stereocenters. The van der Waals surface area contributed by atoms with Crippen molar-refractivity contribution in [2.75, 3.05) is 13.7 Å². The van der Waals surface area contributed by atoms with Crippen molar-refractivity contribution >= 4 is 0 Å². The molecule has 0 saturated carbocycles.